The molecule has 1 fully saturated rings. The Kier molecular flexibility index (Phi) is 6.60. The van der Waals surface area contributed by atoms with E-state index in [-0.39, 0.29) is 28.9 Å². The smallest absolute Gasteiger partial charge is 0.352 e. The molecule has 164 valence electrons. The molecule has 3 heterocycles. The molecule has 5 N–H and O–H groups in total. The molecule has 2 aliphatic heterocycles. The largest absolute Gasteiger partial charge is 0.477 e. The fourth-order valence-corrected chi connectivity index (χ4v) is 4.81. The molecular formula is C17H17N5O7S2. The second-order valence-electron chi connectivity index (χ2n) is 6.26. The van der Waals surface area contributed by atoms with Gasteiger partial charge in [0.05, 0.1) is 0 Å². The summed E-state index contributed by atoms with van der Waals surface area (Å²) >= 11 is 2.30. The van der Waals surface area contributed by atoms with Crippen LogP contribution in [0.15, 0.2) is 34.0 Å². The van der Waals surface area contributed by atoms with Gasteiger partial charge in [0, 0.05) is 18.1 Å². The Bertz CT molecular complexity index is 1030. The molecule has 1 aromatic heterocycles. The molecule has 0 spiro atoms. The number of hydrogen-bond donors (Lipinski definition) is 4. The van der Waals surface area contributed by atoms with Gasteiger partial charge in [-0.1, -0.05) is 11.2 Å². The van der Waals surface area contributed by atoms with Crippen molar-refractivity contribution in [3.8, 4) is 0 Å². The number of β-lactam (4-membered cyclic amide) rings is 1. The number of oxime groups is 1. The van der Waals surface area contributed by atoms with Gasteiger partial charge in [-0.25, -0.2) is 9.78 Å². The number of anilines is 1. The maximum absolute atomic E-state index is 12.6. The first-order valence-corrected chi connectivity index (χ1v) is 10.6. The van der Waals surface area contributed by atoms with Crippen molar-refractivity contribution in [2.24, 2.45) is 5.16 Å². The Hall–Kier alpha value is -3.39. The number of amides is 2. The van der Waals surface area contributed by atoms with Crippen molar-refractivity contribution < 1.29 is 34.2 Å². The van der Waals surface area contributed by atoms with Crippen LogP contribution in [0.5, 0.6) is 0 Å². The second-order valence-corrected chi connectivity index (χ2v) is 8.26. The minimum absolute atomic E-state index is 0.0309. The monoisotopic (exact) mass is 467 g/mol. The van der Waals surface area contributed by atoms with Crippen LogP contribution >= 0.6 is 23.1 Å². The van der Waals surface area contributed by atoms with E-state index in [2.05, 4.69) is 15.5 Å². The first-order chi connectivity index (χ1) is 14.7. The first kappa shape index (κ1) is 22.3. The number of nitrogens with zero attached hydrogens (tertiary/aromatic N) is 3. The topological polar surface area (TPSA) is 185 Å². The number of aliphatic carboxylic acids is 1. The number of fused-ring (bicyclic) bond motifs is 1. The zero-order chi connectivity index (χ0) is 22.7. The molecule has 2 atom stereocenters. The fourth-order valence-electron chi connectivity index (χ4n) is 2.95. The van der Waals surface area contributed by atoms with Crippen molar-refractivity contribution in [2.75, 3.05) is 18.1 Å². The maximum Gasteiger partial charge on any atom is 0.352 e. The summed E-state index contributed by atoms with van der Waals surface area (Å²) in [5.74, 6) is -2.99. The van der Waals surface area contributed by atoms with Crippen LogP contribution in [0.2, 0.25) is 0 Å². The van der Waals surface area contributed by atoms with Crippen LogP contribution in [-0.2, 0) is 23.9 Å². The summed E-state index contributed by atoms with van der Waals surface area (Å²) < 4.78 is 4.77. The molecule has 0 unspecified atom stereocenters. The van der Waals surface area contributed by atoms with Gasteiger partial charge in [-0.3, -0.25) is 19.3 Å². The van der Waals surface area contributed by atoms with E-state index in [1.54, 1.807) is 0 Å². The van der Waals surface area contributed by atoms with E-state index < -0.39 is 40.9 Å². The van der Waals surface area contributed by atoms with Crippen LogP contribution < -0.4 is 11.1 Å². The molecule has 2 aliphatic rings. The van der Waals surface area contributed by atoms with E-state index >= 15 is 0 Å². The van der Waals surface area contributed by atoms with E-state index in [0.717, 1.165) is 16.2 Å². The third-order valence-electron chi connectivity index (χ3n) is 4.27. The Morgan fingerprint density at radius 3 is 2.81 bits per heavy atom. The van der Waals surface area contributed by atoms with Crippen molar-refractivity contribution in [1.82, 2.24) is 15.2 Å². The maximum atomic E-state index is 12.6. The molecule has 0 radical (unpaired) electrons. The average Bonchev–Trinajstić information content (AvgIpc) is 3.14. The van der Waals surface area contributed by atoms with Gasteiger partial charge in [-0.15, -0.1) is 23.1 Å². The Balaban J connectivity index is 1.74. The fraction of sp³-hybridized carbons (Fsp3) is 0.294. The number of carboxylic acid groups (broad SMARTS) is 1. The highest BCUT2D eigenvalue weighted by atomic mass is 32.2. The van der Waals surface area contributed by atoms with E-state index in [1.165, 1.54) is 36.2 Å². The number of ether oxygens (including phenoxy) is 1. The van der Waals surface area contributed by atoms with Crippen LogP contribution in [0, 0.1) is 0 Å². The number of thioether (sulfide) groups is 1. The third kappa shape index (κ3) is 4.54. The molecule has 2 amide bonds. The number of carbonyl (C=O) groups is 4. The van der Waals surface area contributed by atoms with Crippen molar-refractivity contribution in [1.29, 1.82) is 0 Å². The summed E-state index contributed by atoms with van der Waals surface area (Å²) in [4.78, 5) is 52.7. The Morgan fingerprint density at radius 2 is 2.23 bits per heavy atom. The highest BCUT2D eigenvalue weighted by molar-refractivity contribution is 8.00. The predicted molar refractivity (Wildman–Crippen MR) is 110 cm³/mol. The normalized spacial score (nSPS) is 21.0. The molecule has 14 heteroatoms. The SMILES string of the molecule is CC(=O)OC/C=C\C1=C(C(=O)O)N2C(=O)[C@@H](NC(=O)/C(=N\O)c3csc(N)n3)[C@H]2SC1. The minimum Gasteiger partial charge on any atom is -0.477 e. The van der Waals surface area contributed by atoms with Gasteiger partial charge in [0.2, 0.25) is 0 Å². The molecule has 0 saturated carbocycles. The molecule has 1 aromatic rings. The number of nitrogens with two attached hydrogens (primary N) is 1. The lowest BCUT2D eigenvalue weighted by Crippen LogP contribution is -2.71. The molecule has 1 saturated heterocycles. The zero-order valence-electron chi connectivity index (χ0n) is 16.0. The van der Waals surface area contributed by atoms with Gasteiger partial charge in [-0.2, -0.15) is 0 Å². The number of hydrogen-bond acceptors (Lipinski definition) is 11. The zero-order valence-corrected chi connectivity index (χ0v) is 17.6. The third-order valence-corrected chi connectivity index (χ3v) is 6.24. The number of carboxylic acids is 1. The summed E-state index contributed by atoms with van der Waals surface area (Å²) in [5.41, 5.74) is 5.32. The summed E-state index contributed by atoms with van der Waals surface area (Å²) in [7, 11) is 0. The van der Waals surface area contributed by atoms with Crippen LogP contribution in [0.25, 0.3) is 0 Å². The average molecular weight is 467 g/mol. The van der Waals surface area contributed by atoms with Gasteiger partial charge < -0.3 is 26.1 Å². The van der Waals surface area contributed by atoms with Crippen LogP contribution in [-0.4, -0.2) is 73.4 Å². The molecule has 31 heavy (non-hydrogen) atoms. The molecule has 12 nitrogen and oxygen atoms in total. The molecule has 3 rings (SSSR count). The minimum atomic E-state index is -1.30. The quantitative estimate of drug-likeness (QED) is 0.137. The van der Waals surface area contributed by atoms with Crippen molar-refractivity contribution in [3.63, 3.8) is 0 Å². The molecule has 0 aliphatic carbocycles. The summed E-state index contributed by atoms with van der Waals surface area (Å²) in [6, 6.07) is -1.01. The predicted octanol–water partition coefficient (Wildman–Crippen LogP) is -0.238. The second kappa shape index (κ2) is 9.18. The van der Waals surface area contributed by atoms with Crippen LogP contribution in [0.4, 0.5) is 5.13 Å². The highest BCUT2D eigenvalue weighted by Crippen LogP contribution is 2.40. The Morgan fingerprint density at radius 1 is 1.48 bits per heavy atom. The van der Waals surface area contributed by atoms with Gasteiger partial charge in [0.15, 0.2) is 10.8 Å². The standard InChI is InChI=1S/C17H17N5O7S2/c1-7(23)29-4-2-3-8-5-30-15-11(14(25)22(15)12(8)16(26)27)20-13(24)10(21-28)9-6-31-17(18)19-9/h2-3,6,11,15,28H,4-5H2,1H3,(H2,18,19)(H,20,24)(H,26,27)/b3-2-,21-10-/t11-,15-/m1/s1. The Labute approximate surface area is 183 Å². The molecule has 0 aromatic carbocycles. The molecule has 0 bridgehead atoms. The van der Waals surface area contributed by atoms with Crippen LogP contribution in [0.1, 0.15) is 12.6 Å². The van der Waals surface area contributed by atoms with Crippen molar-refractivity contribution in [3.05, 3.63) is 34.5 Å². The summed E-state index contributed by atoms with van der Waals surface area (Å²) in [6.07, 6.45) is 2.96. The van der Waals surface area contributed by atoms with Gasteiger partial charge in [0.25, 0.3) is 11.8 Å². The van der Waals surface area contributed by atoms with Gasteiger partial charge >= 0.3 is 11.9 Å². The lowest BCUT2D eigenvalue weighted by molar-refractivity contribution is -0.150. The number of allylic oxidation sites excluding steroid dienone is 1. The van der Waals surface area contributed by atoms with E-state index in [9.17, 15) is 29.5 Å². The van der Waals surface area contributed by atoms with Crippen molar-refractivity contribution >= 4 is 57.7 Å². The lowest BCUT2D eigenvalue weighted by atomic mass is 10.0. The lowest BCUT2D eigenvalue weighted by Gasteiger charge is -2.49. The van der Waals surface area contributed by atoms with Crippen molar-refractivity contribution in [2.45, 2.75) is 18.3 Å². The van der Waals surface area contributed by atoms with E-state index in [1.807, 2.05) is 0 Å². The number of aromatic nitrogens is 1. The van der Waals surface area contributed by atoms with Crippen LogP contribution in [0.3, 0.4) is 0 Å². The number of thiazole rings is 1. The van der Waals surface area contributed by atoms with Gasteiger partial charge in [0.1, 0.15) is 29.4 Å². The number of rotatable bonds is 7. The number of nitrogen functional groups attached to an aromatic ring is 1. The highest BCUT2D eigenvalue weighted by Gasteiger charge is 2.54. The summed E-state index contributed by atoms with van der Waals surface area (Å²) in [6.45, 7) is 1.22. The van der Waals surface area contributed by atoms with Gasteiger partial charge in [-0.05, 0) is 11.6 Å². The van der Waals surface area contributed by atoms with E-state index in [0.29, 0.717) is 5.57 Å². The number of nitrogens with one attached hydrogen (secondary N) is 1. The summed E-state index contributed by atoms with van der Waals surface area (Å²) in [5, 5.41) is 25.1. The van der Waals surface area contributed by atoms with E-state index in [4.69, 9.17) is 10.5 Å². The number of carbonyl (C=O) groups excluding carboxylic acids is 3. The first-order valence-electron chi connectivity index (χ1n) is 8.70. The molecular weight excluding hydrogens is 450 g/mol. The number of esters is 1.